The molecule has 1 atom stereocenters. The van der Waals surface area contributed by atoms with E-state index in [4.69, 9.17) is 14.2 Å². The van der Waals surface area contributed by atoms with Gasteiger partial charge in [0.1, 0.15) is 13.2 Å². The summed E-state index contributed by atoms with van der Waals surface area (Å²) in [6, 6.07) is 0. The molecular formula is C48H82O6. The highest BCUT2D eigenvalue weighted by Crippen LogP contribution is 2.13. The monoisotopic (exact) mass is 755 g/mol. The smallest absolute Gasteiger partial charge is 0.306 e. The van der Waals surface area contributed by atoms with Crippen molar-refractivity contribution in [1.29, 1.82) is 0 Å². The minimum atomic E-state index is -0.794. The van der Waals surface area contributed by atoms with Gasteiger partial charge in [-0.15, -0.1) is 0 Å². The van der Waals surface area contributed by atoms with Crippen molar-refractivity contribution in [3.05, 3.63) is 60.8 Å². The van der Waals surface area contributed by atoms with Gasteiger partial charge in [-0.1, -0.05) is 152 Å². The highest BCUT2D eigenvalue weighted by molar-refractivity contribution is 5.71. The molecule has 0 aliphatic rings. The van der Waals surface area contributed by atoms with Crippen LogP contribution in [-0.4, -0.2) is 37.2 Å². The highest BCUT2D eigenvalue weighted by atomic mass is 16.6. The van der Waals surface area contributed by atoms with Crippen LogP contribution in [0.5, 0.6) is 0 Å². The Morgan fingerprint density at radius 2 is 0.722 bits per heavy atom. The van der Waals surface area contributed by atoms with Gasteiger partial charge in [0, 0.05) is 19.3 Å². The molecule has 54 heavy (non-hydrogen) atoms. The molecule has 310 valence electrons. The molecule has 0 aromatic carbocycles. The summed E-state index contributed by atoms with van der Waals surface area (Å²) >= 11 is 0. The average Bonchev–Trinajstić information content (AvgIpc) is 3.17. The zero-order valence-corrected chi connectivity index (χ0v) is 35.2. The minimum absolute atomic E-state index is 0.0954. The molecule has 0 aliphatic heterocycles. The third kappa shape index (κ3) is 40.3. The topological polar surface area (TPSA) is 78.9 Å². The predicted molar refractivity (Wildman–Crippen MR) is 228 cm³/mol. The third-order valence-corrected chi connectivity index (χ3v) is 9.24. The van der Waals surface area contributed by atoms with Gasteiger partial charge in [-0.2, -0.15) is 0 Å². The first kappa shape index (κ1) is 51.1. The minimum Gasteiger partial charge on any atom is -0.462 e. The molecule has 0 aromatic rings. The lowest BCUT2D eigenvalue weighted by molar-refractivity contribution is -0.167. The van der Waals surface area contributed by atoms with E-state index >= 15 is 0 Å². The van der Waals surface area contributed by atoms with Crippen molar-refractivity contribution in [1.82, 2.24) is 0 Å². The molecule has 0 spiro atoms. The van der Waals surface area contributed by atoms with Gasteiger partial charge in [-0.25, -0.2) is 0 Å². The van der Waals surface area contributed by atoms with Gasteiger partial charge in [-0.05, 0) is 96.3 Å². The lowest BCUT2D eigenvalue weighted by Gasteiger charge is -2.18. The normalized spacial score (nSPS) is 12.6. The van der Waals surface area contributed by atoms with E-state index in [0.29, 0.717) is 19.3 Å². The second-order valence-electron chi connectivity index (χ2n) is 14.5. The van der Waals surface area contributed by atoms with E-state index in [1.54, 1.807) is 0 Å². The predicted octanol–water partition coefficient (Wildman–Crippen LogP) is 14.1. The molecule has 6 nitrogen and oxygen atoms in total. The van der Waals surface area contributed by atoms with Gasteiger partial charge in [-0.3, -0.25) is 14.4 Å². The third-order valence-electron chi connectivity index (χ3n) is 9.24. The maximum absolute atomic E-state index is 12.7. The Morgan fingerprint density at radius 1 is 0.389 bits per heavy atom. The molecule has 0 amide bonds. The summed E-state index contributed by atoms with van der Waals surface area (Å²) in [6.07, 6.45) is 50.7. The summed E-state index contributed by atoms with van der Waals surface area (Å²) < 4.78 is 16.6. The Bertz CT molecular complexity index is 1010. The quantitative estimate of drug-likeness (QED) is 0.0269. The first-order valence-corrected chi connectivity index (χ1v) is 22.3. The van der Waals surface area contributed by atoms with Gasteiger partial charge in [0.2, 0.25) is 0 Å². The zero-order chi connectivity index (χ0) is 39.4. The van der Waals surface area contributed by atoms with Crippen LogP contribution < -0.4 is 0 Å². The molecule has 0 bridgehead atoms. The van der Waals surface area contributed by atoms with Crippen molar-refractivity contribution >= 4 is 17.9 Å². The fourth-order valence-corrected chi connectivity index (χ4v) is 5.92. The summed E-state index contributed by atoms with van der Waals surface area (Å²) in [4.78, 5) is 37.6. The van der Waals surface area contributed by atoms with Crippen LogP contribution in [0.1, 0.15) is 207 Å². The number of hydrogen-bond acceptors (Lipinski definition) is 6. The van der Waals surface area contributed by atoms with Crippen LogP contribution in [0.3, 0.4) is 0 Å². The van der Waals surface area contributed by atoms with Gasteiger partial charge >= 0.3 is 17.9 Å². The SMILES string of the molecule is CC/C=C\C/C=C\CCCCCCCCCC(=O)OCC(COC(=O)CCCC/C=C\C/C=C\CC)OC(=O)CCCCC/C=C\CCCCCCCC. The average molecular weight is 755 g/mol. The molecule has 0 aliphatic carbocycles. The van der Waals surface area contributed by atoms with Crippen LogP contribution >= 0.6 is 0 Å². The number of carbonyl (C=O) groups excluding carboxylic acids is 3. The number of allylic oxidation sites excluding steroid dienone is 10. The Hall–Kier alpha value is -2.89. The first-order valence-electron chi connectivity index (χ1n) is 22.3. The Kier molecular flexibility index (Phi) is 40.6. The number of ether oxygens (including phenoxy) is 3. The first-order chi connectivity index (χ1) is 26.5. The molecule has 0 saturated heterocycles. The fraction of sp³-hybridized carbons (Fsp3) is 0.729. The highest BCUT2D eigenvalue weighted by Gasteiger charge is 2.19. The summed E-state index contributed by atoms with van der Waals surface area (Å²) in [7, 11) is 0. The number of esters is 3. The molecule has 1 unspecified atom stereocenters. The van der Waals surface area contributed by atoms with E-state index in [2.05, 4.69) is 81.5 Å². The summed E-state index contributed by atoms with van der Waals surface area (Å²) in [5.41, 5.74) is 0. The van der Waals surface area contributed by atoms with E-state index in [-0.39, 0.29) is 31.1 Å². The summed E-state index contributed by atoms with van der Waals surface area (Å²) in [5.74, 6) is -0.963. The number of unbranched alkanes of at least 4 members (excludes halogenated alkanes) is 18. The van der Waals surface area contributed by atoms with Crippen LogP contribution in [0.25, 0.3) is 0 Å². The van der Waals surface area contributed by atoms with E-state index in [1.807, 2.05) is 0 Å². The van der Waals surface area contributed by atoms with Crippen molar-refractivity contribution in [2.45, 2.75) is 213 Å². The fourth-order valence-electron chi connectivity index (χ4n) is 5.92. The van der Waals surface area contributed by atoms with Crippen molar-refractivity contribution in [2.75, 3.05) is 13.2 Å². The Morgan fingerprint density at radius 3 is 1.19 bits per heavy atom. The molecule has 6 heteroatoms. The van der Waals surface area contributed by atoms with Gasteiger partial charge in [0.25, 0.3) is 0 Å². The van der Waals surface area contributed by atoms with Crippen LogP contribution in [0.15, 0.2) is 60.8 Å². The molecule has 0 N–H and O–H groups in total. The lowest BCUT2D eigenvalue weighted by atomic mass is 10.1. The van der Waals surface area contributed by atoms with E-state index in [1.165, 1.54) is 64.2 Å². The molecule has 0 heterocycles. The molecule has 0 saturated carbocycles. The van der Waals surface area contributed by atoms with Gasteiger partial charge in [0.05, 0.1) is 0 Å². The summed E-state index contributed by atoms with van der Waals surface area (Å²) in [6.45, 7) is 6.33. The number of carbonyl (C=O) groups is 3. The van der Waals surface area contributed by atoms with Gasteiger partial charge in [0.15, 0.2) is 6.10 Å². The van der Waals surface area contributed by atoms with E-state index < -0.39 is 6.10 Å². The van der Waals surface area contributed by atoms with Crippen molar-refractivity contribution in [3.63, 3.8) is 0 Å². The zero-order valence-electron chi connectivity index (χ0n) is 35.2. The van der Waals surface area contributed by atoms with Crippen molar-refractivity contribution in [2.24, 2.45) is 0 Å². The largest absolute Gasteiger partial charge is 0.462 e. The molecule has 0 rings (SSSR count). The molecular weight excluding hydrogens is 673 g/mol. The Labute approximate surface area is 332 Å². The second kappa shape index (κ2) is 42.8. The van der Waals surface area contributed by atoms with E-state index in [9.17, 15) is 14.4 Å². The molecule has 0 fully saturated rings. The van der Waals surface area contributed by atoms with Crippen LogP contribution in [0.2, 0.25) is 0 Å². The Balaban J connectivity index is 4.42. The number of hydrogen-bond donors (Lipinski definition) is 0. The standard InChI is InChI=1S/C48H82O6/c1-4-7-10-13-16-19-21-23-25-26-29-32-35-38-41-47(50)53-44-45(43-52-46(49)40-37-34-31-28-18-15-12-9-6-3)54-48(51)42-39-36-33-30-27-24-22-20-17-14-11-8-5-2/h7,9-10,12,16,18-19,24,27-28,45H,4-6,8,11,13-15,17,20-23,25-26,29-44H2,1-3H3/b10-7-,12-9-,19-16-,27-24-,28-18-. The van der Waals surface area contributed by atoms with Crippen LogP contribution in [0.4, 0.5) is 0 Å². The van der Waals surface area contributed by atoms with Crippen molar-refractivity contribution in [3.8, 4) is 0 Å². The van der Waals surface area contributed by atoms with E-state index in [0.717, 1.165) is 103 Å². The van der Waals surface area contributed by atoms with Crippen molar-refractivity contribution < 1.29 is 28.6 Å². The number of rotatable bonds is 39. The molecule has 0 aromatic heterocycles. The van der Waals surface area contributed by atoms with Gasteiger partial charge < -0.3 is 14.2 Å². The second-order valence-corrected chi connectivity index (χ2v) is 14.5. The lowest BCUT2D eigenvalue weighted by Crippen LogP contribution is -2.30. The maximum atomic E-state index is 12.7. The summed E-state index contributed by atoms with van der Waals surface area (Å²) in [5, 5.41) is 0. The maximum Gasteiger partial charge on any atom is 0.306 e. The van der Waals surface area contributed by atoms with Crippen LogP contribution in [-0.2, 0) is 28.6 Å². The molecule has 0 radical (unpaired) electrons. The van der Waals surface area contributed by atoms with Crippen LogP contribution in [0, 0.1) is 0 Å².